The minimum atomic E-state index is 0.344. The molecule has 1 aliphatic rings. The van der Waals surface area contributed by atoms with E-state index < -0.39 is 0 Å². The molecular formula is C14H31N4+. The first-order valence-corrected chi connectivity index (χ1v) is 7.37. The topological polar surface area (TPSA) is 55.3 Å². The molecule has 4 heteroatoms. The Balaban J connectivity index is 2.43. The fourth-order valence-corrected chi connectivity index (χ4v) is 2.44. The van der Waals surface area contributed by atoms with E-state index in [-0.39, 0.29) is 0 Å². The van der Waals surface area contributed by atoms with Crippen LogP contribution in [0, 0.1) is 11.8 Å². The van der Waals surface area contributed by atoms with Crippen LogP contribution in [-0.2, 0) is 0 Å². The van der Waals surface area contributed by atoms with Gasteiger partial charge in [0.15, 0.2) is 0 Å². The zero-order valence-corrected chi connectivity index (χ0v) is 12.5. The molecule has 106 valence electrons. The Kier molecular flexibility index (Phi) is 6.65. The number of nitrogens with zero attached hydrogens (tertiary/aromatic N) is 1. The summed E-state index contributed by atoms with van der Waals surface area (Å²) in [7, 11) is 0. The van der Waals surface area contributed by atoms with E-state index in [0.717, 1.165) is 44.4 Å². The van der Waals surface area contributed by atoms with Crippen molar-refractivity contribution in [2.24, 2.45) is 17.6 Å². The first-order chi connectivity index (χ1) is 8.54. The molecule has 0 saturated carbocycles. The van der Waals surface area contributed by atoms with E-state index in [1.165, 1.54) is 6.42 Å². The molecule has 0 aromatic carbocycles. The average molecular weight is 255 g/mol. The molecule has 0 radical (unpaired) electrons. The van der Waals surface area contributed by atoms with E-state index in [1.807, 2.05) is 0 Å². The van der Waals surface area contributed by atoms with Gasteiger partial charge in [0.2, 0.25) is 5.84 Å². The lowest BCUT2D eigenvalue weighted by molar-refractivity contribution is -0.531. The van der Waals surface area contributed by atoms with Gasteiger partial charge in [-0.3, -0.25) is 15.6 Å². The molecule has 0 aliphatic carbocycles. The van der Waals surface area contributed by atoms with Crippen LogP contribution >= 0.6 is 0 Å². The lowest BCUT2D eigenvalue weighted by atomic mass is 9.90. The molecule has 0 spiro atoms. The highest BCUT2D eigenvalue weighted by Gasteiger charge is 2.19. The third-order valence-electron chi connectivity index (χ3n) is 4.25. The van der Waals surface area contributed by atoms with Crippen LogP contribution in [0.3, 0.4) is 0 Å². The Morgan fingerprint density at radius 2 is 1.83 bits per heavy atom. The Bertz CT molecular complexity index is 259. The molecule has 18 heavy (non-hydrogen) atoms. The number of nitrogens with one attached hydrogen (secondary N) is 2. The van der Waals surface area contributed by atoms with Gasteiger partial charge in [0, 0.05) is 26.2 Å². The lowest BCUT2D eigenvalue weighted by Crippen LogP contribution is -2.85. The number of hydrogen-bond acceptors (Lipinski definition) is 2. The molecular weight excluding hydrogens is 224 g/mol. The van der Waals surface area contributed by atoms with Crippen molar-refractivity contribution in [1.29, 1.82) is 0 Å². The summed E-state index contributed by atoms with van der Waals surface area (Å²) in [4.78, 5) is 5.89. The molecule has 4 N–H and O–H groups in total. The number of rotatable bonds is 6. The number of nitrogens with two attached hydrogens (primary N) is 1. The van der Waals surface area contributed by atoms with Gasteiger partial charge < -0.3 is 5.32 Å². The second-order valence-electron chi connectivity index (χ2n) is 5.70. The summed E-state index contributed by atoms with van der Waals surface area (Å²) in [6, 6.07) is 0. The maximum Gasteiger partial charge on any atom is 0.241 e. The summed E-state index contributed by atoms with van der Waals surface area (Å²) < 4.78 is 0. The van der Waals surface area contributed by atoms with E-state index in [4.69, 9.17) is 5.73 Å². The molecule has 0 amide bonds. The Morgan fingerprint density at radius 1 is 1.22 bits per heavy atom. The number of hydrogen-bond donors (Lipinski definition) is 3. The molecule has 1 saturated heterocycles. The lowest BCUT2D eigenvalue weighted by Gasteiger charge is -2.29. The molecule has 1 fully saturated rings. The predicted octanol–water partition coefficient (Wildman–Crippen LogP) is -0.252. The standard InChI is InChI=1S/C14H30N4/c1-5-11(2)12(3)10-14(15)17-13(4)18-8-6-16-7-9-18/h11-13,16H,5-10H2,1-4H3,(H2,15,17)/p+1. The molecule has 1 heterocycles. The molecule has 0 aromatic heterocycles. The second-order valence-corrected chi connectivity index (χ2v) is 5.70. The van der Waals surface area contributed by atoms with Crippen LogP contribution in [0.4, 0.5) is 0 Å². The Morgan fingerprint density at radius 3 is 2.39 bits per heavy atom. The first kappa shape index (κ1) is 15.4. The van der Waals surface area contributed by atoms with Crippen molar-refractivity contribution in [3.63, 3.8) is 0 Å². The van der Waals surface area contributed by atoms with Gasteiger partial charge in [-0.15, -0.1) is 0 Å². The third kappa shape index (κ3) is 4.94. The highest BCUT2D eigenvalue weighted by Crippen LogP contribution is 2.16. The van der Waals surface area contributed by atoms with Gasteiger partial charge in [-0.2, -0.15) is 0 Å². The predicted molar refractivity (Wildman–Crippen MR) is 77.3 cm³/mol. The number of piperazine rings is 1. The summed E-state index contributed by atoms with van der Waals surface area (Å²) in [5.74, 6) is 2.33. The van der Waals surface area contributed by atoms with Crippen molar-refractivity contribution < 1.29 is 4.99 Å². The molecule has 3 atom stereocenters. The highest BCUT2D eigenvalue weighted by molar-refractivity contribution is 5.74. The number of amidine groups is 1. The van der Waals surface area contributed by atoms with Crippen LogP contribution in [0.25, 0.3) is 0 Å². The minimum Gasteiger partial charge on any atom is -0.314 e. The van der Waals surface area contributed by atoms with Crippen molar-refractivity contribution in [3.05, 3.63) is 0 Å². The summed E-state index contributed by atoms with van der Waals surface area (Å²) >= 11 is 0. The SMILES string of the molecule is CCC(C)C(C)CC(N)=[NH+]C(C)N1CCNCC1. The minimum absolute atomic E-state index is 0.344. The van der Waals surface area contributed by atoms with E-state index in [2.05, 4.69) is 42.9 Å². The van der Waals surface area contributed by atoms with Crippen LogP contribution in [0.5, 0.6) is 0 Å². The molecule has 4 nitrogen and oxygen atoms in total. The second kappa shape index (κ2) is 7.74. The average Bonchev–Trinajstić information content (AvgIpc) is 2.38. The zero-order chi connectivity index (χ0) is 13.5. The van der Waals surface area contributed by atoms with E-state index in [0.29, 0.717) is 12.1 Å². The van der Waals surface area contributed by atoms with Gasteiger partial charge in [-0.25, -0.2) is 0 Å². The van der Waals surface area contributed by atoms with Gasteiger partial charge >= 0.3 is 0 Å². The smallest absolute Gasteiger partial charge is 0.241 e. The molecule has 1 aliphatic heterocycles. The molecule has 0 bridgehead atoms. The zero-order valence-electron chi connectivity index (χ0n) is 12.5. The summed E-state index contributed by atoms with van der Waals surface area (Å²) in [5.41, 5.74) is 6.14. The largest absolute Gasteiger partial charge is 0.314 e. The van der Waals surface area contributed by atoms with E-state index in [9.17, 15) is 0 Å². The van der Waals surface area contributed by atoms with E-state index >= 15 is 0 Å². The normalized spacial score (nSPS) is 23.7. The Labute approximate surface area is 112 Å². The maximum absolute atomic E-state index is 6.14. The van der Waals surface area contributed by atoms with Gasteiger partial charge in [-0.05, 0) is 18.8 Å². The van der Waals surface area contributed by atoms with Crippen LogP contribution in [0.2, 0.25) is 0 Å². The summed E-state index contributed by atoms with van der Waals surface area (Å²) in [6.45, 7) is 13.4. The van der Waals surface area contributed by atoms with Crippen LogP contribution in [-0.4, -0.2) is 43.1 Å². The van der Waals surface area contributed by atoms with Gasteiger partial charge in [0.25, 0.3) is 0 Å². The van der Waals surface area contributed by atoms with Crippen molar-refractivity contribution in [1.82, 2.24) is 10.2 Å². The highest BCUT2D eigenvalue weighted by atomic mass is 15.3. The third-order valence-corrected chi connectivity index (χ3v) is 4.25. The van der Waals surface area contributed by atoms with Crippen molar-refractivity contribution >= 4 is 5.84 Å². The maximum atomic E-state index is 6.14. The van der Waals surface area contributed by atoms with Crippen LogP contribution in [0.1, 0.15) is 40.5 Å². The monoisotopic (exact) mass is 255 g/mol. The van der Waals surface area contributed by atoms with E-state index in [1.54, 1.807) is 0 Å². The fourth-order valence-electron chi connectivity index (χ4n) is 2.44. The first-order valence-electron chi connectivity index (χ1n) is 7.37. The molecule has 1 rings (SSSR count). The van der Waals surface area contributed by atoms with Crippen LogP contribution in [0.15, 0.2) is 0 Å². The Hall–Kier alpha value is -0.610. The van der Waals surface area contributed by atoms with Gasteiger partial charge in [0.05, 0.1) is 6.42 Å². The quantitative estimate of drug-likeness (QED) is 0.453. The van der Waals surface area contributed by atoms with Crippen molar-refractivity contribution in [2.45, 2.75) is 46.7 Å². The van der Waals surface area contributed by atoms with Crippen molar-refractivity contribution in [3.8, 4) is 0 Å². The van der Waals surface area contributed by atoms with Gasteiger partial charge in [-0.1, -0.05) is 27.2 Å². The summed E-state index contributed by atoms with van der Waals surface area (Å²) in [5, 5.41) is 3.37. The summed E-state index contributed by atoms with van der Waals surface area (Å²) in [6.07, 6.45) is 2.55. The van der Waals surface area contributed by atoms with Crippen LogP contribution < -0.4 is 16.0 Å². The fraction of sp³-hybridized carbons (Fsp3) is 0.929. The molecule has 0 aromatic rings. The van der Waals surface area contributed by atoms with Gasteiger partial charge in [0.1, 0.15) is 6.17 Å². The van der Waals surface area contributed by atoms with Crippen molar-refractivity contribution in [2.75, 3.05) is 26.2 Å². The molecule has 3 unspecified atom stereocenters.